The lowest BCUT2D eigenvalue weighted by Gasteiger charge is -2.32. The summed E-state index contributed by atoms with van der Waals surface area (Å²) >= 11 is 1.69. The van der Waals surface area contributed by atoms with Crippen molar-refractivity contribution in [2.24, 2.45) is 0 Å². The Bertz CT molecular complexity index is 593. The predicted molar refractivity (Wildman–Crippen MR) is 82.3 cm³/mol. The third kappa shape index (κ3) is 3.32. The van der Waals surface area contributed by atoms with Crippen LogP contribution in [0.4, 0.5) is 0 Å². The maximum Gasteiger partial charge on any atom is 0.224 e. The molecule has 0 spiro atoms. The fourth-order valence-electron chi connectivity index (χ4n) is 2.83. The number of carbonyl (C=O) groups is 1. The topological polar surface area (TPSA) is 51.0 Å². The second kappa shape index (κ2) is 6.39. The van der Waals surface area contributed by atoms with Crippen molar-refractivity contribution < 1.29 is 4.79 Å². The first-order valence-electron chi connectivity index (χ1n) is 7.39. The first kappa shape index (κ1) is 14.3. The number of likely N-dealkylation sites (tertiary alicyclic amines) is 1. The number of rotatable bonds is 4. The maximum absolute atomic E-state index is 12.4. The van der Waals surface area contributed by atoms with Gasteiger partial charge in [-0.15, -0.1) is 11.3 Å². The molecule has 1 atom stereocenters. The zero-order valence-corrected chi connectivity index (χ0v) is 13.1. The zero-order chi connectivity index (χ0) is 14.7. The highest BCUT2D eigenvalue weighted by molar-refractivity contribution is 7.09. The normalized spacial score (nSPS) is 18.9. The van der Waals surface area contributed by atoms with Crippen LogP contribution in [0.25, 0.3) is 0 Å². The molecule has 6 heteroatoms. The van der Waals surface area contributed by atoms with Gasteiger partial charge >= 0.3 is 0 Å². The average Bonchev–Trinajstić information content (AvgIpc) is 3.16. The Morgan fingerprint density at radius 1 is 1.48 bits per heavy atom. The van der Waals surface area contributed by atoms with Crippen molar-refractivity contribution in [2.45, 2.75) is 38.6 Å². The summed E-state index contributed by atoms with van der Waals surface area (Å²) in [6.45, 7) is 4.36. The molecule has 3 rings (SSSR count). The van der Waals surface area contributed by atoms with Gasteiger partial charge in [0.1, 0.15) is 0 Å². The number of thiazole rings is 1. The molecule has 1 saturated heterocycles. The molecule has 0 radical (unpaired) electrons. The molecule has 0 N–H and O–H groups in total. The van der Waals surface area contributed by atoms with Crippen molar-refractivity contribution in [3.8, 4) is 0 Å². The fourth-order valence-corrected chi connectivity index (χ4v) is 3.60. The molecule has 0 bridgehead atoms. The molecule has 5 nitrogen and oxygen atoms in total. The Kier molecular flexibility index (Phi) is 4.34. The molecule has 0 aromatic carbocycles. The van der Waals surface area contributed by atoms with Gasteiger partial charge in [0, 0.05) is 55.4 Å². The lowest BCUT2D eigenvalue weighted by molar-refractivity contribution is -0.132. The zero-order valence-electron chi connectivity index (χ0n) is 12.2. The highest BCUT2D eigenvalue weighted by atomic mass is 32.1. The second-order valence-corrected chi connectivity index (χ2v) is 6.42. The molecule has 1 amide bonds. The summed E-state index contributed by atoms with van der Waals surface area (Å²) < 4.78 is 1.89. The summed E-state index contributed by atoms with van der Waals surface area (Å²) in [7, 11) is 0. The monoisotopic (exact) mass is 304 g/mol. The molecule has 3 heterocycles. The third-order valence-electron chi connectivity index (χ3n) is 4.04. The molecule has 1 aliphatic rings. The van der Waals surface area contributed by atoms with E-state index >= 15 is 0 Å². The van der Waals surface area contributed by atoms with Crippen LogP contribution in [0.1, 0.15) is 35.9 Å². The Balaban J connectivity index is 1.56. The van der Waals surface area contributed by atoms with E-state index in [0.29, 0.717) is 18.9 Å². The van der Waals surface area contributed by atoms with E-state index in [4.69, 9.17) is 0 Å². The molecule has 1 fully saturated rings. The van der Waals surface area contributed by atoms with Gasteiger partial charge in [-0.3, -0.25) is 9.48 Å². The van der Waals surface area contributed by atoms with Gasteiger partial charge in [-0.1, -0.05) is 0 Å². The van der Waals surface area contributed by atoms with Gasteiger partial charge in [0.2, 0.25) is 5.91 Å². The van der Waals surface area contributed by atoms with Gasteiger partial charge in [0.15, 0.2) is 0 Å². The van der Waals surface area contributed by atoms with Crippen LogP contribution in [0.3, 0.4) is 0 Å². The Hall–Kier alpha value is -1.69. The number of piperidine rings is 1. The summed E-state index contributed by atoms with van der Waals surface area (Å²) in [5.74, 6) is 0.639. The van der Waals surface area contributed by atoms with Gasteiger partial charge < -0.3 is 4.90 Å². The van der Waals surface area contributed by atoms with Gasteiger partial charge in [-0.25, -0.2) is 4.98 Å². The van der Waals surface area contributed by atoms with E-state index in [9.17, 15) is 4.79 Å². The number of aromatic nitrogens is 3. The molecular weight excluding hydrogens is 284 g/mol. The number of nitrogens with zero attached hydrogens (tertiary/aromatic N) is 4. The van der Waals surface area contributed by atoms with Crippen molar-refractivity contribution in [3.63, 3.8) is 0 Å². The molecule has 2 aromatic heterocycles. The Labute approximate surface area is 128 Å². The van der Waals surface area contributed by atoms with Crippen molar-refractivity contribution in [3.05, 3.63) is 34.5 Å². The quantitative estimate of drug-likeness (QED) is 0.872. The van der Waals surface area contributed by atoms with Crippen LogP contribution >= 0.6 is 11.3 Å². The van der Waals surface area contributed by atoms with Gasteiger partial charge in [-0.2, -0.15) is 5.10 Å². The molecule has 0 unspecified atom stereocenters. The van der Waals surface area contributed by atoms with Crippen LogP contribution in [0.15, 0.2) is 23.8 Å². The minimum Gasteiger partial charge on any atom is -0.342 e. The SMILES string of the molecule is Cc1ccnn1CCC(=O)N1CCC[C@@H](c2nccs2)C1. The van der Waals surface area contributed by atoms with Crippen LogP contribution in [-0.4, -0.2) is 38.7 Å². The minimum absolute atomic E-state index is 0.228. The third-order valence-corrected chi connectivity index (χ3v) is 4.98. The molecule has 21 heavy (non-hydrogen) atoms. The fraction of sp³-hybridized carbons (Fsp3) is 0.533. The van der Waals surface area contributed by atoms with Crippen LogP contribution < -0.4 is 0 Å². The van der Waals surface area contributed by atoms with Crippen molar-refractivity contribution in [1.82, 2.24) is 19.7 Å². The number of carbonyl (C=O) groups excluding carboxylic acids is 1. The van der Waals surface area contributed by atoms with Crippen LogP contribution in [0, 0.1) is 6.92 Å². The first-order valence-corrected chi connectivity index (χ1v) is 8.27. The molecule has 112 valence electrons. The first-order chi connectivity index (χ1) is 10.2. The van der Waals surface area contributed by atoms with Gasteiger partial charge in [-0.05, 0) is 25.8 Å². The van der Waals surface area contributed by atoms with E-state index in [0.717, 1.165) is 36.6 Å². The summed E-state index contributed by atoms with van der Waals surface area (Å²) in [5.41, 5.74) is 1.10. The highest BCUT2D eigenvalue weighted by Crippen LogP contribution is 2.28. The maximum atomic E-state index is 12.4. The van der Waals surface area contributed by atoms with Crippen LogP contribution in [0.5, 0.6) is 0 Å². The van der Waals surface area contributed by atoms with Crippen LogP contribution in [0.2, 0.25) is 0 Å². The Morgan fingerprint density at radius 2 is 2.38 bits per heavy atom. The van der Waals surface area contributed by atoms with Crippen molar-refractivity contribution >= 4 is 17.2 Å². The summed E-state index contributed by atoms with van der Waals surface area (Å²) in [6.07, 6.45) is 6.35. The number of amides is 1. The van der Waals surface area contributed by atoms with Crippen molar-refractivity contribution in [2.75, 3.05) is 13.1 Å². The lowest BCUT2D eigenvalue weighted by Crippen LogP contribution is -2.39. The minimum atomic E-state index is 0.228. The Morgan fingerprint density at radius 3 is 3.10 bits per heavy atom. The molecule has 2 aromatic rings. The summed E-state index contributed by atoms with van der Waals surface area (Å²) in [6, 6.07) is 1.96. The van der Waals surface area contributed by atoms with E-state index in [1.54, 1.807) is 17.5 Å². The number of hydrogen-bond acceptors (Lipinski definition) is 4. The van der Waals surface area contributed by atoms with E-state index in [1.165, 1.54) is 0 Å². The average molecular weight is 304 g/mol. The summed E-state index contributed by atoms with van der Waals surface area (Å²) in [4.78, 5) is 18.8. The predicted octanol–water partition coefficient (Wildman–Crippen LogP) is 2.44. The van der Waals surface area contributed by atoms with Gasteiger partial charge in [0.05, 0.1) is 5.01 Å². The standard InChI is InChI=1S/C15H20N4OS/c1-12-4-6-17-19(12)9-5-14(20)18-8-2-3-13(11-18)15-16-7-10-21-15/h4,6-7,10,13H,2-3,5,8-9,11H2,1H3/t13-/m1/s1. The van der Waals surface area contributed by atoms with E-state index in [-0.39, 0.29) is 5.91 Å². The van der Waals surface area contributed by atoms with E-state index < -0.39 is 0 Å². The van der Waals surface area contributed by atoms with Crippen LogP contribution in [-0.2, 0) is 11.3 Å². The largest absolute Gasteiger partial charge is 0.342 e. The molecule has 0 aliphatic carbocycles. The number of aryl methyl sites for hydroxylation is 2. The smallest absolute Gasteiger partial charge is 0.224 e. The van der Waals surface area contributed by atoms with Crippen molar-refractivity contribution in [1.29, 1.82) is 0 Å². The summed E-state index contributed by atoms with van der Waals surface area (Å²) in [5, 5.41) is 7.40. The van der Waals surface area contributed by atoms with E-state index in [2.05, 4.69) is 10.1 Å². The molecule has 1 aliphatic heterocycles. The molecular formula is C15H20N4OS. The molecule has 0 saturated carbocycles. The number of hydrogen-bond donors (Lipinski definition) is 0. The highest BCUT2D eigenvalue weighted by Gasteiger charge is 2.25. The second-order valence-electron chi connectivity index (χ2n) is 5.49. The lowest BCUT2D eigenvalue weighted by atomic mass is 9.98. The van der Waals surface area contributed by atoms with Gasteiger partial charge in [0.25, 0.3) is 0 Å². The van der Waals surface area contributed by atoms with E-state index in [1.807, 2.05) is 34.1 Å².